The second-order valence-electron chi connectivity index (χ2n) is 3.07. The molecule has 2 N–H and O–H groups in total. The Hall–Kier alpha value is -1.12. The molecule has 1 rings (SSSR count). The van der Waals surface area contributed by atoms with E-state index in [9.17, 15) is 0 Å². The van der Waals surface area contributed by atoms with Gasteiger partial charge in [0.25, 0.3) is 0 Å². The summed E-state index contributed by atoms with van der Waals surface area (Å²) in [7, 11) is 1.70. The Bertz CT molecular complexity index is 250. The van der Waals surface area contributed by atoms with Crippen molar-refractivity contribution in [1.29, 1.82) is 0 Å². The Morgan fingerprint density at radius 3 is 2.83 bits per heavy atom. The van der Waals surface area contributed by atoms with Crippen LogP contribution < -0.4 is 5.73 Å². The number of amidine groups is 1. The third kappa shape index (κ3) is 1.40. The molecule has 0 unspecified atom stereocenters. The fraction of sp³-hybridized carbons (Fsp3) is 0.556. The van der Waals surface area contributed by atoms with E-state index in [1.807, 2.05) is 0 Å². The molecule has 0 heterocycles. The maximum atomic E-state index is 5.74. The van der Waals surface area contributed by atoms with E-state index in [4.69, 9.17) is 5.73 Å². The Kier molecular flexibility index (Phi) is 2.63. The SMILES string of the molecule is C=NC1=C(C(N)=NC)[C@H](C)CC1. The lowest BCUT2D eigenvalue weighted by Crippen LogP contribution is -2.18. The van der Waals surface area contributed by atoms with Crippen LogP contribution in [0.15, 0.2) is 21.3 Å². The molecule has 0 aromatic rings. The van der Waals surface area contributed by atoms with Crippen LogP contribution in [0.25, 0.3) is 0 Å². The molecule has 0 bridgehead atoms. The molecule has 0 aromatic carbocycles. The quantitative estimate of drug-likeness (QED) is 0.487. The number of rotatable bonds is 2. The zero-order valence-corrected chi connectivity index (χ0v) is 7.67. The molecule has 1 aliphatic carbocycles. The van der Waals surface area contributed by atoms with Crippen LogP contribution >= 0.6 is 0 Å². The van der Waals surface area contributed by atoms with Gasteiger partial charge in [0.1, 0.15) is 5.84 Å². The highest BCUT2D eigenvalue weighted by Gasteiger charge is 2.23. The fourth-order valence-electron chi connectivity index (χ4n) is 1.60. The lowest BCUT2D eigenvalue weighted by atomic mass is 10.0. The topological polar surface area (TPSA) is 50.7 Å². The van der Waals surface area contributed by atoms with Gasteiger partial charge < -0.3 is 5.73 Å². The Morgan fingerprint density at radius 2 is 2.33 bits per heavy atom. The molecule has 3 heteroatoms. The highest BCUT2D eigenvalue weighted by molar-refractivity contribution is 5.98. The number of nitrogens with two attached hydrogens (primary N) is 1. The van der Waals surface area contributed by atoms with Crippen LogP contribution in [0.5, 0.6) is 0 Å². The van der Waals surface area contributed by atoms with Gasteiger partial charge in [-0.3, -0.25) is 9.98 Å². The van der Waals surface area contributed by atoms with Gasteiger partial charge >= 0.3 is 0 Å². The molecule has 0 saturated heterocycles. The van der Waals surface area contributed by atoms with Crippen molar-refractivity contribution in [3.63, 3.8) is 0 Å². The van der Waals surface area contributed by atoms with Crippen molar-refractivity contribution >= 4 is 12.6 Å². The molecular formula is C9H15N3. The highest BCUT2D eigenvalue weighted by Crippen LogP contribution is 2.31. The zero-order valence-electron chi connectivity index (χ0n) is 7.67. The van der Waals surface area contributed by atoms with Crippen LogP contribution in [0.1, 0.15) is 19.8 Å². The van der Waals surface area contributed by atoms with Crippen molar-refractivity contribution in [3.05, 3.63) is 11.3 Å². The van der Waals surface area contributed by atoms with Crippen LogP contribution in [-0.2, 0) is 0 Å². The minimum absolute atomic E-state index is 0.481. The van der Waals surface area contributed by atoms with Gasteiger partial charge in [0.2, 0.25) is 0 Å². The summed E-state index contributed by atoms with van der Waals surface area (Å²) in [6.07, 6.45) is 2.09. The van der Waals surface area contributed by atoms with Crippen LogP contribution in [0.4, 0.5) is 0 Å². The number of nitrogens with zero attached hydrogens (tertiary/aromatic N) is 2. The van der Waals surface area contributed by atoms with Crippen molar-refractivity contribution in [2.24, 2.45) is 21.6 Å². The van der Waals surface area contributed by atoms with E-state index in [-0.39, 0.29) is 0 Å². The number of hydrogen-bond acceptors (Lipinski definition) is 2. The largest absolute Gasteiger partial charge is 0.384 e. The lowest BCUT2D eigenvalue weighted by Gasteiger charge is -2.07. The third-order valence-electron chi connectivity index (χ3n) is 2.33. The number of allylic oxidation sites excluding steroid dienone is 1. The zero-order chi connectivity index (χ0) is 9.14. The molecule has 12 heavy (non-hydrogen) atoms. The van der Waals surface area contributed by atoms with Crippen molar-refractivity contribution in [1.82, 2.24) is 0 Å². The Balaban J connectivity index is 3.03. The van der Waals surface area contributed by atoms with E-state index in [1.54, 1.807) is 7.05 Å². The maximum Gasteiger partial charge on any atom is 0.123 e. The average Bonchev–Trinajstić information content (AvgIpc) is 2.45. The Labute approximate surface area is 73.1 Å². The van der Waals surface area contributed by atoms with E-state index < -0.39 is 0 Å². The fourth-order valence-corrected chi connectivity index (χ4v) is 1.60. The van der Waals surface area contributed by atoms with Crippen LogP contribution in [-0.4, -0.2) is 19.6 Å². The van der Waals surface area contributed by atoms with Crippen molar-refractivity contribution in [3.8, 4) is 0 Å². The second-order valence-corrected chi connectivity index (χ2v) is 3.07. The standard InChI is InChI=1S/C9H15N3/c1-6-4-5-7(11-2)8(6)9(10)12-3/h6H,2,4-5H2,1,3H3,(H2,10,12)/t6-/m1/s1. The van der Waals surface area contributed by atoms with E-state index in [0.29, 0.717) is 11.8 Å². The van der Waals surface area contributed by atoms with Gasteiger partial charge in [-0.05, 0) is 25.5 Å². The predicted octanol–water partition coefficient (Wildman–Crippen LogP) is 1.36. The molecule has 0 fully saturated rings. The smallest absolute Gasteiger partial charge is 0.123 e. The summed E-state index contributed by atoms with van der Waals surface area (Å²) in [6.45, 7) is 5.67. The van der Waals surface area contributed by atoms with Gasteiger partial charge in [-0.1, -0.05) is 6.92 Å². The highest BCUT2D eigenvalue weighted by atomic mass is 14.8. The van der Waals surface area contributed by atoms with Gasteiger partial charge in [-0.15, -0.1) is 0 Å². The van der Waals surface area contributed by atoms with E-state index in [0.717, 1.165) is 24.1 Å². The normalized spacial score (nSPS) is 24.8. The summed E-state index contributed by atoms with van der Waals surface area (Å²) in [6, 6.07) is 0. The van der Waals surface area contributed by atoms with Crippen molar-refractivity contribution in [2.75, 3.05) is 7.05 Å². The molecular weight excluding hydrogens is 150 g/mol. The molecule has 0 amide bonds. The van der Waals surface area contributed by atoms with E-state index >= 15 is 0 Å². The van der Waals surface area contributed by atoms with Gasteiger partial charge in [0.15, 0.2) is 0 Å². The summed E-state index contributed by atoms with van der Waals surface area (Å²) in [4.78, 5) is 7.93. The second kappa shape index (κ2) is 3.52. The first-order valence-electron chi connectivity index (χ1n) is 4.13. The number of hydrogen-bond donors (Lipinski definition) is 1. The summed E-state index contributed by atoms with van der Waals surface area (Å²) in [5, 5.41) is 0. The van der Waals surface area contributed by atoms with Gasteiger partial charge in [-0.25, -0.2) is 0 Å². The van der Waals surface area contributed by atoms with Crippen LogP contribution in [0.2, 0.25) is 0 Å². The lowest BCUT2D eigenvalue weighted by molar-refractivity contribution is 0.683. The first-order chi connectivity index (χ1) is 5.70. The van der Waals surface area contributed by atoms with E-state index in [2.05, 4.69) is 23.6 Å². The molecule has 3 nitrogen and oxygen atoms in total. The summed E-state index contributed by atoms with van der Waals surface area (Å²) in [5.74, 6) is 1.09. The monoisotopic (exact) mass is 165 g/mol. The molecule has 1 atom stereocenters. The molecule has 0 aliphatic heterocycles. The minimum atomic E-state index is 0.481. The molecule has 0 spiro atoms. The molecule has 0 aromatic heterocycles. The van der Waals surface area contributed by atoms with Crippen molar-refractivity contribution in [2.45, 2.75) is 19.8 Å². The molecule has 66 valence electrons. The predicted molar refractivity (Wildman–Crippen MR) is 52.5 cm³/mol. The molecule has 1 aliphatic rings. The maximum absolute atomic E-state index is 5.74. The van der Waals surface area contributed by atoms with Crippen LogP contribution in [0, 0.1) is 5.92 Å². The van der Waals surface area contributed by atoms with Gasteiger partial charge in [0, 0.05) is 18.3 Å². The van der Waals surface area contributed by atoms with E-state index in [1.165, 1.54) is 0 Å². The first kappa shape index (κ1) is 8.97. The average molecular weight is 165 g/mol. The third-order valence-corrected chi connectivity index (χ3v) is 2.33. The minimum Gasteiger partial charge on any atom is -0.384 e. The molecule has 0 saturated carbocycles. The van der Waals surface area contributed by atoms with Crippen molar-refractivity contribution < 1.29 is 0 Å². The molecule has 0 radical (unpaired) electrons. The first-order valence-corrected chi connectivity index (χ1v) is 4.13. The van der Waals surface area contributed by atoms with Gasteiger partial charge in [0.05, 0.1) is 0 Å². The van der Waals surface area contributed by atoms with Crippen LogP contribution in [0.3, 0.4) is 0 Å². The Morgan fingerprint density at radius 1 is 1.67 bits per heavy atom. The summed E-state index contributed by atoms with van der Waals surface area (Å²) < 4.78 is 0. The number of aliphatic imine (C=N–C) groups is 2. The van der Waals surface area contributed by atoms with Gasteiger partial charge in [-0.2, -0.15) is 0 Å². The summed E-state index contributed by atoms with van der Waals surface area (Å²) in [5.41, 5.74) is 7.85. The summed E-state index contributed by atoms with van der Waals surface area (Å²) >= 11 is 0.